The highest BCUT2D eigenvalue weighted by molar-refractivity contribution is 5.97. The van der Waals surface area contributed by atoms with Gasteiger partial charge in [0.25, 0.3) is 5.91 Å². The second kappa shape index (κ2) is 5.17. The van der Waals surface area contributed by atoms with E-state index >= 15 is 0 Å². The first kappa shape index (κ1) is 12.4. The molecule has 0 bridgehead atoms. The van der Waals surface area contributed by atoms with Crippen LogP contribution in [0.4, 0.5) is 0 Å². The number of hydrogen-bond donors (Lipinski definition) is 2. The van der Waals surface area contributed by atoms with Crippen molar-refractivity contribution in [1.82, 2.24) is 15.3 Å². The Bertz CT molecular complexity index is 728. The van der Waals surface area contributed by atoms with Gasteiger partial charge in [0.1, 0.15) is 5.69 Å². The van der Waals surface area contributed by atoms with Crippen LogP contribution in [0.15, 0.2) is 48.8 Å². The Balaban J connectivity index is 1.75. The summed E-state index contributed by atoms with van der Waals surface area (Å²) in [6.07, 6.45) is 3.53. The van der Waals surface area contributed by atoms with E-state index in [0.717, 1.165) is 22.0 Å². The zero-order valence-corrected chi connectivity index (χ0v) is 11.2. The highest BCUT2D eigenvalue weighted by atomic mass is 16.1. The lowest BCUT2D eigenvalue weighted by molar-refractivity contribution is 0.0946. The molecule has 3 rings (SSSR count). The standard InChI is InChI=1S/C16H15N3O/c1-11-9-17-7-6-13(11)10-18-16(20)15-8-12-4-2-3-5-14(12)19-15/h2-9,19H,10H2,1H3,(H,18,20). The molecule has 0 aliphatic rings. The SMILES string of the molecule is Cc1cnccc1CNC(=O)c1cc2ccccc2[nH]1. The molecule has 0 unspecified atom stereocenters. The van der Waals surface area contributed by atoms with Crippen molar-refractivity contribution in [2.24, 2.45) is 0 Å². The molecule has 4 nitrogen and oxygen atoms in total. The summed E-state index contributed by atoms with van der Waals surface area (Å²) in [5.41, 5.74) is 3.70. The third-order valence-corrected chi connectivity index (χ3v) is 3.35. The highest BCUT2D eigenvalue weighted by Gasteiger charge is 2.09. The number of rotatable bonds is 3. The van der Waals surface area contributed by atoms with Crippen LogP contribution in [-0.2, 0) is 6.54 Å². The van der Waals surface area contributed by atoms with E-state index in [-0.39, 0.29) is 5.91 Å². The Morgan fingerprint density at radius 2 is 2.15 bits per heavy atom. The predicted molar refractivity (Wildman–Crippen MR) is 78.4 cm³/mol. The molecule has 100 valence electrons. The molecule has 0 saturated heterocycles. The van der Waals surface area contributed by atoms with Crippen molar-refractivity contribution in [1.29, 1.82) is 0 Å². The first-order chi connectivity index (χ1) is 9.74. The zero-order valence-electron chi connectivity index (χ0n) is 11.2. The molecule has 0 saturated carbocycles. The smallest absolute Gasteiger partial charge is 0.267 e. The number of aromatic nitrogens is 2. The third-order valence-electron chi connectivity index (χ3n) is 3.35. The summed E-state index contributed by atoms with van der Waals surface area (Å²) in [5.74, 6) is -0.0996. The largest absolute Gasteiger partial charge is 0.351 e. The van der Waals surface area contributed by atoms with E-state index in [1.165, 1.54) is 0 Å². The fourth-order valence-electron chi connectivity index (χ4n) is 2.17. The molecule has 1 aromatic carbocycles. The quantitative estimate of drug-likeness (QED) is 0.765. The summed E-state index contributed by atoms with van der Waals surface area (Å²) in [5, 5.41) is 3.96. The summed E-state index contributed by atoms with van der Waals surface area (Å²) in [6.45, 7) is 2.49. The van der Waals surface area contributed by atoms with E-state index in [4.69, 9.17) is 0 Å². The second-order valence-electron chi connectivity index (χ2n) is 4.76. The van der Waals surface area contributed by atoms with Crippen molar-refractivity contribution >= 4 is 16.8 Å². The fraction of sp³-hybridized carbons (Fsp3) is 0.125. The number of aromatic amines is 1. The molecule has 2 heterocycles. The third kappa shape index (κ3) is 2.40. The molecule has 0 atom stereocenters. The van der Waals surface area contributed by atoms with E-state index in [9.17, 15) is 4.79 Å². The minimum atomic E-state index is -0.0996. The number of nitrogens with zero attached hydrogens (tertiary/aromatic N) is 1. The summed E-state index contributed by atoms with van der Waals surface area (Å²) in [4.78, 5) is 19.3. The zero-order chi connectivity index (χ0) is 13.9. The van der Waals surface area contributed by atoms with Crippen LogP contribution < -0.4 is 5.32 Å². The van der Waals surface area contributed by atoms with Crippen molar-refractivity contribution in [2.45, 2.75) is 13.5 Å². The predicted octanol–water partition coefficient (Wildman–Crippen LogP) is 2.80. The number of amides is 1. The van der Waals surface area contributed by atoms with E-state index in [2.05, 4.69) is 15.3 Å². The van der Waals surface area contributed by atoms with Crippen LogP contribution in [0.5, 0.6) is 0 Å². The van der Waals surface area contributed by atoms with Gasteiger partial charge in [-0.1, -0.05) is 18.2 Å². The van der Waals surface area contributed by atoms with Crippen LogP contribution in [-0.4, -0.2) is 15.9 Å². The molecule has 0 aliphatic heterocycles. The number of aryl methyl sites for hydroxylation is 1. The lowest BCUT2D eigenvalue weighted by Crippen LogP contribution is -2.23. The van der Waals surface area contributed by atoms with E-state index in [1.54, 1.807) is 12.4 Å². The van der Waals surface area contributed by atoms with Gasteiger partial charge in [0, 0.05) is 29.8 Å². The molecule has 2 N–H and O–H groups in total. The number of H-pyrrole nitrogens is 1. The molecule has 20 heavy (non-hydrogen) atoms. The van der Waals surface area contributed by atoms with Gasteiger partial charge in [-0.3, -0.25) is 9.78 Å². The van der Waals surface area contributed by atoms with Gasteiger partial charge in [0.2, 0.25) is 0 Å². The van der Waals surface area contributed by atoms with Crippen LogP contribution in [0.3, 0.4) is 0 Å². The summed E-state index contributed by atoms with van der Waals surface area (Å²) in [6, 6.07) is 11.6. The van der Waals surface area contributed by atoms with Crippen molar-refractivity contribution < 1.29 is 4.79 Å². The molecule has 0 radical (unpaired) electrons. The normalized spacial score (nSPS) is 10.7. The molecular formula is C16H15N3O. The van der Waals surface area contributed by atoms with Crippen molar-refractivity contribution in [3.63, 3.8) is 0 Å². The van der Waals surface area contributed by atoms with Gasteiger partial charge in [-0.05, 0) is 36.2 Å². The summed E-state index contributed by atoms with van der Waals surface area (Å²) in [7, 11) is 0. The van der Waals surface area contributed by atoms with Gasteiger partial charge >= 0.3 is 0 Å². The first-order valence-corrected chi connectivity index (χ1v) is 6.49. The van der Waals surface area contributed by atoms with Crippen LogP contribution in [0.25, 0.3) is 10.9 Å². The fourth-order valence-corrected chi connectivity index (χ4v) is 2.17. The van der Waals surface area contributed by atoms with Crippen LogP contribution in [0, 0.1) is 6.92 Å². The molecule has 4 heteroatoms. The van der Waals surface area contributed by atoms with Gasteiger partial charge in [-0.25, -0.2) is 0 Å². The summed E-state index contributed by atoms with van der Waals surface area (Å²) < 4.78 is 0. The number of hydrogen-bond acceptors (Lipinski definition) is 2. The Morgan fingerprint density at radius 1 is 1.30 bits per heavy atom. The Labute approximate surface area is 116 Å². The number of para-hydroxylation sites is 1. The number of nitrogens with one attached hydrogen (secondary N) is 2. The molecule has 0 spiro atoms. The van der Waals surface area contributed by atoms with Crippen molar-refractivity contribution in [2.75, 3.05) is 0 Å². The molecule has 0 fully saturated rings. The molecule has 3 aromatic rings. The average Bonchev–Trinajstić information content (AvgIpc) is 2.90. The topological polar surface area (TPSA) is 57.8 Å². The molecular weight excluding hydrogens is 250 g/mol. The maximum Gasteiger partial charge on any atom is 0.267 e. The number of carbonyl (C=O) groups excluding carboxylic acids is 1. The monoisotopic (exact) mass is 265 g/mol. The van der Waals surface area contributed by atoms with Crippen LogP contribution in [0.1, 0.15) is 21.6 Å². The van der Waals surface area contributed by atoms with Gasteiger partial charge < -0.3 is 10.3 Å². The highest BCUT2D eigenvalue weighted by Crippen LogP contribution is 2.14. The summed E-state index contributed by atoms with van der Waals surface area (Å²) >= 11 is 0. The molecule has 2 aromatic heterocycles. The van der Waals surface area contributed by atoms with Gasteiger partial charge in [-0.2, -0.15) is 0 Å². The second-order valence-corrected chi connectivity index (χ2v) is 4.76. The lowest BCUT2D eigenvalue weighted by Gasteiger charge is -2.06. The number of fused-ring (bicyclic) bond motifs is 1. The van der Waals surface area contributed by atoms with E-state index in [1.807, 2.05) is 43.3 Å². The van der Waals surface area contributed by atoms with Crippen molar-refractivity contribution in [3.8, 4) is 0 Å². The van der Waals surface area contributed by atoms with E-state index < -0.39 is 0 Å². The Hall–Kier alpha value is -2.62. The van der Waals surface area contributed by atoms with Crippen molar-refractivity contribution in [3.05, 3.63) is 65.6 Å². The molecule has 0 aliphatic carbocycles. The Kier molecular flexibility index (Phi) is 3.21. The first-order valence-electron chi connectivity index (χ1n) is 6.49. The minimum Gasteiger partial charge on any atom is -0.351 e. The van der Waals surface area contributed by atoms with Gasteiger partial charge in [0.05, 0.1) is 0 Å². The van der Waals surface area contributed by atoms with Gasteiger partial charge in [-0.15, -0.1) is 0 Å². The van der Waals surface area contributed by atoms with E-state index in [0.29, 0.717) is 12.2 Å². The number of pyridine rings is 1. The Morgan fingerprint density at radius 3 is 2.95 bits per heavy atom. The number of carbonyl (C=O) groups is 1. The lowest BCUT2D eigenvalue weighted by atomic mass is 10.1. The van der Waals surface area contributed by atoms with Crippen LogP contribution >= 0.6 is 0 Å². The number of benzene rings is 1. The van der Waals surface area contributed by atoms with Gasteiger partial charge in [0.15, 0.2) is 0 Å². The average molecular weight is 265 g/mol. The minimum absolute atomic E-state index is 0.0996. The van der Waals surface area contributed by atoms with Crippen LogP contribution in [0.2, 0.25) is 0 Å². The maximum atomic E-state index is 12.1. The maximum absolute atomic E-state index is 12.1. The molecule has 1 amide bonds.